The first-order valence-corrected chi connectivity index (χ1v) is 30.8. The molecule has 0 spiro atoms. The van der Waals surface area contributed by atoms with E-state index < -0.39 is 48.1 Å². The van der Waals surface area contributed by atoms with Crippen molar-refractivity contribution in [1.29, 1.82) is 0 Å². The Morgan fingerprint density at radius 2 is 1.46 bits per heavy atom. The molecule has 2 aliphatic heterocycles. The van der Waals surface area contributed by atoms with Crippen LogP contribution in [-0.2, 0) is 49.4 Å². The molecule has 4 heterocycles. The Labute approximate surface area is 539 Å². The fraction of sp³-hybridized carbons (Fsp3) is 0.462. The minimum atomic E-state index is -0.868. The largest absolute Gasteiger partial charge is 0.465 e. The lowest BCUT2D eigenvalue weighted by Crippen LogP contribution is -2.54. The number of hydrogen-bond acceptors (Lipinski definition) is 17. The molecule has 2 aromatic heterocycles. The topological polar surface area (TPSA) is 365 Å². The van der Waals surface area contributed by atoms with Gasteiger partial charge in [0.1, 0.15) is 11.6 Å². The number of furan rings is 1. The molecule has 3 aromatic carbocycles. The van der Waals surface area contributed by atoms with Crippen LogP contribution in [0.5, 0.6) is 5.75 Å². The van der Waals surface area contributed by atoms with E-state index >= 15 is 0 Å². The number of esters is 1. The number of carbonyl (C=O) groups excluding carboxylic acids is 11. The van der Waals surface area contributed by atoms with Crippen molar-refractivity contribution >= 4 is 98.8 Å². The van der Waals surface area contributed by atoms with Crippen molar-refractivity contribution in [2.24, 2.45) is 11.7 Å². The first-order chi connectivity index (χ1) is 44.4. The molecule has 28 nitrogen and oxygen atoms in total. The Balaban J connectivity index is 0.000000296. The van der Waals surface area contributed by atoms with Crippen LogP contribution in [0.3, 0.4) is 0 Å². The average molecular weight is 1290 g/mol. The molecule has 0 fully saturated rings. The second kappa shape index (κ2) is 34.6. The monoisotopic (exact) mass is 1290 g/mol. The summed E-state index contributed by atoms with van der Waals surface area (Å²) in [5.41, 5.74) is 11.1. The summed E-state index contributed by atoms with van der Waals surface area (Å²) in [6.45, 7) is 13.5. The number of aryl methyl sites for hydroxylation is 3. The second-order valence-electron chi connectivity index (χ2n) is 22.7. The maximum atomic E-state index is 14.0. The number of rotatable bonds is 30. The van der Waals surface area contributed by atoms with E-state index in [0.29, 0.717) is 65.0 Å². The Hall–Kier alpha value is -9.83. The fourth-order valence-corrected chi connectivity index (χ4v) is 10.4. The van der Waals surface area contributed by atoms with Crippen molar-refractivity contribution in [3.05, 3.63) is 100 Å². The molecule has 0 radical (unpaired) electrons. The van der Waals surface area contributed by atoms with Crippen LogP contribution in [-0.4, -0.2) is 191 Å². The number of ether oxygens (including phenoxy) is 4. The van der Waals surface area contributed by atoms with E-state index in [2.05, 4.69) is 36.9 Å². The van der Waals surface area contributed by atoms with Gasteiger partial charge in [-0.05, 0) is 86.9 Å². The number of urea groups is 1. The molecule has 0 unspecified atom stereocenters. The fourth-order valence-electron chi connectivity index (χ4n) is 10.4. The van der Waals surface area contributed by atoms with Gasteiger partial charge in [-0.2, -0.15) is 0 Å². The molecule has 0 saturated carbocycles. The SMILES string of the molecule is CC[C@@H]1CN(C(=O)c2cc3cc(C)ccc3o2)c2cc(OC(=O)N(C)CCN(C)C(=O)OC)c3[nH]c(C)c(C(=O)OC)c3c21.CCc1ccc(NC(=O)[C@H](CCCNC(N)=O)NC(=O)[C@@H](NCCNC(=O)CCOCCNC(=O)CCN2C(=O)C=CC2=O)C(C)C)cc1. The summed E-state index contributed by atoms with van der Waals surface area (Å²) in [4.78, 5) is 145. The molecule has 28 heteroatoms. The maximum Gasteiger partial charge on any atom is 0.415 e. The Bertz CT molecular complexity index is 3540. The Kier molecular flexibility index (Phi) is 26.8. The highest BCUT2D eigenvalue weighted by Crippen LogP contribution is 2.48. The molecule has 9 N–H and O–H groups in total. The van der Waals surface area contributed by atoms with Crippen LogP contribution in [0.4, 0.5) is 25.8 Å². The first-order valence-electron chi connectivity index (χ1n) is 30.8. The molecule has 5 aromatic rings. The van der Waals surface area contributed by atoms with Gasteiger partial charge < -0.3 is 80.7 Å². The third-order valence-electron chi connectivity index (χ3n) is 15.6. The first kappa shape index (κ1) is 72.2. The van der Waals surface area contributed by atoms with E-state index in [0.717, 1.165) is 45.5 Å². The quantitative estimate of drug-likeness (QED) is 0.0164. The number of likely N-dealkylation sites (N-methyl/N-ethyl adjacent to an activating group) is 2. The third kappa shape index (κ3) is 19.8. The second-order valence-corrected chi connectivity index (χ2v) is 22.7. The Morgan fingerprint density at radius 1 is 0.785 bits per heavy atom. The van der Waals surface area contributed by atoms with Gasteiger partial charge in [-0.3, -0.25) is 38.5 Å². The molecule has 3 atom stereocenters. The van der Waals surface area contributed by atoms with E-state index in [4.69, 9.17) is 29.1 Å². The Morgan fingerprint density at radius 3 is 2.11 bits per heavy atom. The van der Waals surface area contributed by atoms with Crippen molar-refractivity contribution in [3.8, 4) is 5.75 Å². The highest BCUT2D eigenvalue weighted by molar-refractivity contribution is 6.15. The maximum absolute atomic E-state index is 14.0. The van der Waals surface area contributed by atoms with Gasteiger partial charge in [-0.15, -0.1) is 0 Å². The number of hydrogen-bond donors (Lipinski definition) is 8. The number of aromatic nitrogens is 1. The van der Waals surface area contributed by atoms with Crippen LogP contribution in [0.2, 0.25) is 0 Å². The molecule has 0 bridgehead atoms. The van der Waals surface area contributed by atoms with Crippen molar-refractivity contribution in [2.45, 2.75) is 98.1 Å². The van der Waals surface area contributed by atoms with Gasteiger partial charge in [0.25, 0.3) is 17.7 Å². The standard InChI is InChI=1S/C33H50N8O8.C32H36N4O8/c1-4-23-7-9-24(10-8-23)39-31(46)25(6-5-15-38-33(34)48)40-32(47)30(22(2)3)37-17-16-35-27(43)14-20-49-21-18-36-26(42)13-19-41-28(44)11-12-29(41)45;1-8-19-16-36(29(37)24-14-20-13-17(2)9-10-22(20)43-24)21-15-23(44-32(40)35(5)12-11-34(4)31(39)42-7)28-27(26(19)21)25(18(3)33-28)30(38)41-6/h7-12,22,25,30,37H,4-6,13-21H2,1-3H3,(H,35,43)(H,36,42)(H,39,46)(H,40,47)(H3,34,38,48);9-10,13-15,19,33H,8,11-12,16H2,1-7H3/t25-,30-;19-/m01/s1. The molecular weight excluding hydrogens is 1200 g/mol. The lowest BCUT2D eigenvalue weighted by Gasteiger charge is -2.25. The van der Waals surface area contributed by atoms with Gasteiger partial charge in [-0.1, -0.05) is 51.5 Å². The summed E-state index contributed by atoms with van der Waals surface area (Å²) in [6, 6.07) is 14.3. The highest BCUT2D eigenvalue weighted by atomic mass is 16.6. The number of nitrogens with zero attached hydrogens (tertiary/aromatic N) is 4. The number of benzene rings is 3. The summed E-state index contributed by atoms with van der Waals surface area (Å²) in [5, 5.41) is 18.1. The minimum Gasteiger partial charge on any atom is -0.465 e. The van der Waals surface area contributed by atoms with Crippen molar-refractivity contribution in [3.63, 3.8) is 0 Å². The average Bonchev–Trinajstić information content (AvgIpc) is 1.58. The number of H-pyrrole nitrogens is 1. The summed E-state index contributed by atoms with van der Waals surface area (Å²) in [5.74, 6) is -3.03. The van der Waals surface area contributed by atoms with Gasteiger partial charge in [0, 0.05) is 126 Å². The zero-order valence-corrected chi connectivity index (χ0v) is 54.4. The number of imide groups is 1. The van der Waals surface area contributed by atoms with E-state index in [9.17, 15) is 52.7 Å². The zero-order valence-electron chi connectivity index (χ0n) is 54.4. The predicted octanol–water partition coefficient (Wildman–Crippen LogP) is 5.29. The van der Waals surface area contributed by atoms with Crippen LogP contribution in [0.15, 0.2) is 71.2 Å². The number of methoxy groups -OCH3 is 2. The lowest BCUT2D eigenvalue weighted by atomic mass is 9.93. The summed E-state index contributed by atoms with van der Waals surface area (Å²) >= 11 is 0. The minimum absolute atomic E-state index is 0.00115. The molecule has 0 saturated heterocycles. The molecule has 0 aliphatic carbocycles. The smallest absolute Gasteiger partial charge is 0.415 e. The van der Waals surface area contributed by atoms with Gasteiger partial charge in [0.15, 0.2) is 11.5 Å². The van der Waals surface area contributed by atoms with Crippen molar-refractivity contribution < 1.29 is 76.1 Å². The number of amides is 11. The van der Waals surface area contributed by atoms with E-state index in [-0.39, 0.29) is 125 Å². The normalized spacial score (nSPS) is 13.8. The number of anilines is 2. The van der Waals surface area contributed by atoms with Crippen LogP contribution < -0.4 is 47.3 Å². The van der Waals surface area contributed by atoms with Gasteiger partial charge in [0.05, 0.1) is 50.2 Å². The van der Waals surface area contributed by atoms with E-state index in [1.807, 2.05) is 65.0 Å². The van der Waals surface area contributed by atoms with Crippen LogP contribution >= 0.6 is 0 Å². The number of carbonyl (C=O) groups is 11. The lowest BCUT2D eigenvalue weighted by molar-refractivity contribution is -0.137. The molecule has 502 valence electrons. The number of primary amides is 1. The summed E-state index contributed by atoms with van der Waals surface area (Å²) < 4.78 is 27.1. The zero-order chi connectivity index (χ0) is 68.1. The van der Waals surface area contributed by atoms with Gasteiger partial charge in [0.2, 0.25) is 23.6 Å². The molecule has 7 rings (SSSR count). The number of fused-ring (bicyclic) bond motifs is 4. The predicted molar refractivity (Wildman–Crippen MR) is 345 cm³/mol. The molecular formula is C65H86N12O16. The van der Waals surface area contributed by atoms with E-state index in [1.54, 1.807) is 50.2 Å². The van der Waals surface area contributed by atoms with Crippen molar-refractivity contribution in [2.75, 3.05) is 104 Å². The summed E-state index contributed by atoms with van der Waals surface area (Å²) in [7, 11) is 5.69. The molecule has 2 aliphatic rings. The highest BCUT2D eigenvalue weighted by Gasteiger charge is 2.39. The van der Waals surface area contributed by atoms with Gasteiger partial charge >= 0.3 is 24.2 Å². The van der Waals surface area contributed by atoms with Crippen LogP contribution in [0.25, 0.3) is 21.9 Å². The summed E-state index contributed by atoms with van der Waals surface area (Å²) in [6.07, 6.45) is 3.40. The van der Waals surface area contributed by atoms with Crippen LogP contribution in [0, 0.1) is 19.8 Å². The number of nitrogens with one attached hydrogen (secondary N) is 7. The third-order valence-corrected chi connectivity index (χ3v) is 15.6. The molecule has 11 amide bonds. The number of aromatic amines is 1. The van der Waals surface area contributed by atoms with E-state index in [1.165, 1.54) is 24.0 Å². The van der Waals surface area contributed by atoms with Gasteiger partial charge in [-0.25, -0.2) is 19.2 Å². The molecule has 93 heavy (non-hydrogen) atoms. The van der Waals surface area contributed by atoms with Crippen LogP contribution in [0.1, 0.15) is 109 Å². The van der Waals surface area contributed by atoms with Crippen molar-refractivity contribution in [1.82, 2.24) is 46.3 Å². The number of nitrogens with two attached hydrogens (primary N) is 1.